The van der Waals surface area contributed by atoms with Crippen LogP contribution in [0, 0.1) is 6.92 Å². The van der Waals surface area contributed by atoms with Gasteiger partial charge in [-0.1, -0.05) is 37.6 Å². The number of amides is 1. The molecule has 5 heteroatoms. The Balaban J connectivity index is 1.68. The number of hydrogen-bond donors (Lipinski definition) is 1. The molecule has 0 aliphatic rings. The van der Waals surface area contributed by atoms with E-state index in [1.807, 2.05) is 82.3 Å². The van der Waals surface area contributed by atoms with Crippen molar-refractivity contribution in [2.45, 2.75) is 66.1 Å². The van der Waals surface area contributed by atoms with Gasteiger partial charge >= 0.3 is 0 Å². The quantitative estimate of drug-likeness (QED) is 0.374. The van der Waals surface area contributed by atoms with Gasteiger partial charge in [0.25, 0.3) is 5.91 Å². The number of carbonyl (C=O) groups is 1. The minimum atomic E-state index is -0.193. The maximum Gasteiger partial charge on any atom is 0.257 e. The Labute approximate surface area is 197 Å². The second-order valence-corrected chi connectivity index (χ2v) is 8.58. The molecule has 5 nitrogen and oxygen atoms in total. The predicted molar refractivity (Wildman–Crippen MR) is 133 cm³/mol. The number of ether oxygens (including phenoxy) is 2. The number of nitrogens with zero attached hydrogens (tertiary/aromatic N) is 1. The maximum absolute atomic E-state index is 12.9. The molecule has 0 bridgehead atoms. The summed E-state index contributed by atoms with van der Waals surface area (Å²) in [6.45, 7) is 10.1. The molecule has 1 amide bonds. The van der Waals surface area contributed by atoms with Crippen molar-refractivity contribution in [3.63, 3.8) is 0 Å². The van der Waals surface area contributed by atoms with Gasteiger partial charge in [0, 0.05) is 23.9 Å². The van der Waals surface area contributed by atoms with Crippen molar-refractivity contribution in [1.82, 2.24) is 4.98 Å². The highest BCUT2D eigenvalue weighted by molar-refractivity contribution is 6.05. The fraction of sp³-hybridized carbons (Fsp3) is 0.357. The van der Waals surface area contributed by atoms with E-state index in [9.17, 15) is 4.79 Å². The van der Waals surface area contributed by atoms with Crippen LogP contribution in [0.25, 0.3) is 0 Å². The highest BCUT2D eigenvalue weighted by atomic mass is 16.5. The molecular weight excluding hydrogens is 412 g/mol. The zero-order valence-electron chi connectivity index (χ0n) is 20.2. The summed E-state index contributed by atoms with van der Waals surface area (Å²) >= 11 is 0. The normalized spacial score (nSPS) is 11.9. The Morgan fingerprint density at radius 2 is 1.82 bits per heavy atom. The van der Waals surface area contributed by atoms with Crippen LogP contribution in [0.1, 0.15) is 61.4 Å². The number of para-hydroxylation sites is 1. The summed E-state index contributed by atoms with van der Waals surface area (Å²) in [6.07, 6.45) is 2.95. The average molecular weight is 447 g/mol. The topological polar surface area (TPSA) is 60.5 Å². The van der Waals surface area contributed by atoms with Gasteiger partial charge in [-0.15, -0.1) is 0 Å². The van der Waals surface area contributed by atoms with Crippen LogP contribution >= 0.6 is 0 Å². The average Bonchev–Trinajstić information content (AvgIpc) is 2.75. The summed E-state index contributed by atoms with van der Waals surface area (Å²) in [5.41, 5.74) is 4.01. The van der Waals surface area contributed by atoms with Gasteiger partial charge in [0.1, 0.15) is 11.5 Å². The standard InChI is InChI=1S/C28H34N2O3/c1-6-10-22-11-7-8-14-27(22)33-25-13-9-12-23(18-25)30-28(31)26-16-15-24(29-21(26)5)17-20(4)32-19(2)3/h7-9,11-16,18-20H,6,10,17H2,1-5H3,(H,30,31). The molecule has 3 aromatic rings. The lowest BCUT2D eigenvalue weighted by Gasteiger charge is -2.16. The van der Waals surface area contributed by atoms with Crippen LogP contribution in [-0.2, 0) is 17.6 Å². The van der Waals surface area contributed by atoms with Crippen LogP contribution in [0.3, 0.4) is 0 Å². The molecule has 174 valence electrons. The van der Waals surface area contributed by atoms with E-state index >= 15 is 0 Å². The zero-order valence-corrected chi connectivity index (χ0v) is 20.2. The number of nitrogens with one attached hydrogen (secondary N) is 1. The smallest absolute Gasteiger partial charge is 0.257 e. The van der Waals surface area contributed by atoms with Gasteiger partial charge in [-0.05, 0) is 70.0 Å². The fourth-order valence-electron chi connectivity index (χ4n) is 3.82. The van der Waals surface area contributed by atoms with Crippen molar-refractivity contribution in [2.24, 2.45) is 0 Å². The first-order chi connectivity index (χ1) is 15.9. The molecular formula is C28H34N2O3. The molecule has 0 fully saturated rings. The third kappa shape index (κ3) is 7.16. The Hall–Kier alpha value is -3.18. The van der Waals surface area contributed by atoms with Crippen molar-refractivity contribution in [2.75, 3.05) is 5.32 Å². The number of hydrogen-bond acceptors (Lipinski definition) is 4. The van der Waals surface area contributed by atoms with Gasteiger partial charge in [0.2, 0.25) is 0 Å². The minimum Gasteiger partial charge on any atom is -0.457 e. The molecule has 0 saturated heterocycles. The first-order valence-corrected chi connectivity index (χ1v) is 11.6. The molecule has 33 heavy (non-hydrogen) atoms. The zero-order chi connectivity index (χ0) is 23.8. The Morgan fingerprint density at radius 1 is 1.03 bits per heavy atom. The molecule has 1 N–H and O–H groups in total. The van der Waals surface area contributed by atoms with E-state index in [0.717, 1.165) is 24.3 Å². The summed E-state index contributed by atoms with van der Waals surface area (Å²) in [5, 5.41) is 2.97. The summed E-state index contributed by atoms with van der Waals surface area (Å²) < 4.78 is 11.9. The first kappa shape index (κ1) is 24.5. The van der Waals surface area contributed by atoms with Crippen LogP contribution in [0.4, 0.5) is 5.69 Å². The van der Waals surface area contributed by atoms with Crippen LogP contribution in [-0.4, -0.2) is 23.1 Å². The number of rotatable bonds is 10. The SMILES string of the molecule is CCCc1ccccc1Oc1cccc(NC(=O)c2ccc(CC(C)OC(C)C)nc2C)c1. The van der Waals surface area contributed by atoms with Gasteiger partial charge in [-0.2, -0.15) is 0 Å². The van der Waals surface area contributed by atoms with Gasteiger partial charge in [-0.3, -0.25) is 9.78 Å². The minimum absolute atomic E-state index is 0.0711. The van der Waals surface area contributed by atoms with Crippen molar-refractivity contribution in [1.29, 1.82) is 0 Å². The summed E-state index contributed by atoms with van der Waals surface area (Å²) in [6, 6.07) is 19.2. The van der Waals surface area contributed by atoms with Crippen molar-refractivity contribution in [3.8, 4) is 11.5 Å². The van der Waals surface area contributed by atoms with E-state index in [2.05, 4.69) is 23.3 Å². The molecule has 1 aromatic heterocycles. The molecule has 0 aliphatic carbocycles. The van der Waals surface area contributed by atoms with Gasteiger partial charge in [0.05, 0.1) is 23.5 Å². The van der Waals surface area contributed by atoms with E-state index in [1.54, 1.807) is 0 Å². The Morgan fingerprint density at radius 3 is 2.55 bits per heavy atom. The van der Waals surface area contributed by atoms with Crippen LogP contribution < -0.4 is 10.1 Å². The molecule has 1 heterocycles. The predicted octanol–water partition coefficient (Wildman–Crippen LogP) is 6.74. The van der Waals surface area contributed by atoms with Crippen LogP contribution in [0.5, 0.6) is 11.5 Å². The molecule has 3 rings (SSSR count). The molecule has 0 spiro atoms. The molecule has 1 atom stereocenters. The van der Waals surface area contributed by atoms with E-state index < -0.39 is 0 Å². The fourth-order valence-corrected chi connectivity index (χ4v) is 3.82. The number of pyridine rings is 1. The molecule has 0 aliphatic heterocycles. The number of benzene rings is 2. The van der Waals surface area contributed by atoms with E-state index in [1.165, 1.54) is 5.56 Å². The lowest BCUT2D eigenvalue weighted by molar-refractivity contribution is 0.0190. The van der Waals surface area contributed by atoms with Crippen molar-refractivity contribution < 1.29 is 14.3 Å². The third-order valence-electron chi connectivity index (χ3n) is 5.20. The third-order valence-corrected chi connectivity index (χ3v) is 5.20. The molecule has 0 radical (unpaired) electrons. The molecule has 0 saturated carbocycles. The highest BCUT2D eigenvalue weighted by Gasteiger charge is 2.14. The summed E-state index contributed by atoms with van der Waals surface area (Å²) in [7, 11) is 0. The van der Waals surface area contributed by atoms with Gasteiger partial charge < -0.3 is 14.8 Å². The number of aryl methyl sites for hydroxylation is 2. The molecule has 2 aromatic carbocycles. The first-order valence-electron chi connectivity index (χ1n) is 11.6. The van der Waals surface area contributed by atoms with Crippen LogP contribution in [0.15, 0.2) is 60.7 Å². The summed E-state index contributed by atoms with van der Waals surface area (Å²) in [4.78, 5) is 17.5. The maximum atomic E-state index is 12.9. The highest BCUT2D eigenvalue weighted by Crippen LogP contribution is 2.28. The van der Waals surface area contributed by atoms with Crippen molar-refractivity contribution in [3.05, 3.63) is 83.2 Å². The monoisotopic (exact) mass is 446 g/mol. The van der Waals surface area contributed by atoms with E-state index in [4.69, 9.17) is 9.47 Å². The second kappa shape index (κ2) is 11.6. The van der Waals surface area contributed by atoms with Gasteiger partial charge in [0.15, 0.2) is 0 Å². The van der Waals surface area contributed by atoms with E-state index in [-0.39, 0.29) is 18.1 Å². The van der Waals surface area contributed by atoms with Gasteiger partial charge in [-0.25, -0.2) is 0 Å². The number of anilines is 1. The summed E-state index contributed by atoms with van der Waals surface area (Å²) in [5.74, 6) is 1.33. The van der Waals surface area contributed by atoms with Crippen molar-refractivity contribution >= 4 is 11.6 Å². The van der Waals surface area contributed by atoms with Crippen LogP contribution in [0.2, 0.25) is 0 Å². The van der Waals surface area contributed by atoms with E-state index in [0.29, 0.717) is 29.1 Å². The number of aromatic nitrogens is 1. The Kier molecular flexibility index (Phi) is 8.61. The molecule has 1 unspecified atom stereocenters. The lowest BCUT2D eigenvalue weighted by atomic mass is 10.1. The second-order valence-electron chi connectivity index (χ2n) is 8.58. The number of carbonyl (C=O) groups excluding carboxylic acids is 1. The Bertz CT molecular complexity index is 1080. The largest absolute Gasteiger partial charge is 0.457 e. The lowest BCUT2D eigenvalue weighted by Crippen LogP contribution is -2.18.